The molecular formula is C29H36BrN3. The summed E-state index contributed by atoms with van der Waals surface area (Å²) in [6.45, 7) is 17.0. The van der Waals surface area contributed by atoms with E-state index in [1.165, 1.54) is 21.9 Å². The highest BCUT2D eigenvalue weighted by atomic mass is 79.9. The van der Waals surface area contributed by atoms with Gasteiger partial charge in [-0.3, -0.25) is 0 Å². The lowest BCUT2D eigenvalue weighted by atomic mass is 9.95. The molecule has 0 saturated heterocycles. The molecule has 0 radical (unpaired) electrons. The zero-order valence-corrected chi connectivity index (χ0v) is 22.2. The number of aryl methyl sites for hydroxylation is 2. The highest BCUT2D eigenvalue weighted by molar-refractivity contribution is 9.10. The second-order valence-electron chi connectivity index (χ2n) is 7.58. The topological polar surface area (TPSA) is 64.1 Å². The van der Waals surface area contributed by atoms with Crippen LogP contribution in [0.2, 0.25) is 0 Å². The van der Waals surface area contributed by atoms with Crippen LogP contribution in [0.25, 0.3) is 27.1 Å². The molecule has 0 aliphatic heterocycles. The fourth-order valence-electron chi connectivity index (χ4n) is 3.81. The predicted octanol–water partition coefficient (Wildman–Crippen LogP) is 8.71. The van der Waals surface area contributed by atoms with E-state index >= 15 is 0 Å². The number of hydrogen-bond acceptors (Lipinski definition) is 3. The molecule has 3 nitrogen and oxygen atoms in total. The third kappa shape index (κ3) is 5.69. The van der Waals surface area contributed by atoms with E-state index in [0.29, 0.717) is 12.2 Å². The first-order valence-electron chi connectivity index (χ1n) is 11.5. The van der Waals surface area contributed by atoms with Gasteiger partial charge in [-0.1, -0.05) is 85.6 Å². The normalized spacial score (nSPS) is 10.2. The molecule has 0 unspecified atom stereocenters. The van der Waals surface area contributed by atoms with Gasteiger partial charge in [0.15, 0.2) is 0 Å². The van der Waals surface area contributed by atoms with Gasteiger partial charge >= 0.3 is 0 Å². The predicted molar refractivity (Wildman–Crippen MR) is 154 cm³/mol. The van der Waals surface area contributed by atoms with Gasteiger partial charge in [0.1, 0.15) is 0 Å². The lowest BCUT2D eigenvalue weighted by molar-refractivity contribution is 1.35. The fourth-order valence-corrected chi connectivity index (χ4v) is 4.17. The molecule has 0 aromatic heterocycles. The highest BCUT2D eigenvalue weighted by Crippen LogP contribution is 2.39. The Balaban J connectivity index is 0.000000914. The van der Waals surface area contributed by atoms with Crippen LogP contribution in [-0.4, -0.2) is 6.54 Å². The summed E-state index contributed by atoms with van der Waals surface area (Å²) in [5, 5.41) is 8.09. The first kappa shape index (κ1) is 26.3. The van der Waals surface area contributed by atoms with Crippen molar-refractivity contribution in [2.24, 2.45) is 0 Å². The number of halogens is 1. The lowest BCUT2D eigenvalue weighted by Gasteiger charge is -2.18. The molecule has 0 spiro atoms. The monoisotopic (exact) mass is 505 g/mol. The van der Waals surface area contributed by atoms with Crippen molar-refractivity contribution in [2.45, 2.75) is 41.5 Å². The number of nitrogen functional groups attached to an aromatic ring is 2. The number of benzene rings is 4. The third-order valence-electron chi connectivity index (χ3n) is 5.34. The van der Waals surface area contributed by atoms with Crippen LogP contribution in [0.4, 0.5) is 17.1 Å². The quantitative estimate of drug-likeness (QED) is 0.147. The molecular weight excluding hydrogens is 470 g/mol. The number of rotatable bonds is 4. The standard InChI is InChI=1S/C25H24BrN3.2C2H6/c1-14-4-7-18-19-8-5-15(2)11-22(19)25(24(28)21(18)10-14)29-13-16(3)20-12-17(26)6-9-23(20)27;2*1-2/h4-12,29H,3,13,27-28H2,1-2H3;2*1-2H3. The van der Waals surface area contributed by atoms with E-state index in [1.807, 2.05) is 45.9 Å². The smallest absolute Gasteiger partial charge is 0.0662 e. The molecule has 33 heavy (non-hydrogen) atoms. The van der Waals surface area contributed by atoms with Crippen LogP contribution in [0.5, 0.6) is 0 Å². The van der Waals surface area contributed by atoms with Gasteiger partial charge < -0.3 is 16.8 Å². The summed E-state index contributed by atoms with van der Waals surface area (Å²) in [5.74, 6) is 0. The molecule has 174 valence electrons. The Bertz CT molecular complexity index is 1280. The Morgan fingerprint density at radius 1 is 0.788 bits per heavy atom. The molecule has 0 bridgehead atoms. The molecule has 0 saturated carbocycles. The molecule has 4 rings (SSSR count). The number of fused-ring (bicyclic) bond motifs is 3. The van der Waals surface area contributed by atoms with Gasteiger partial charge in [-0.2, -0.15) is 0 Å². The Morgan fingerprint density at radius 3 is 1.94 bits per heavy atom. The minimum absolute atomic E-state index is 0.547. The SMILES string of the molecule is C=C(CNc1c(N)c2cc(C)ccc2c2ccc(C)cc12)c1cc(Br)ccc1N.CC.CC. The molecule has 4 aromatic carbocycles. The first-order chi connectivity index (χ1) is 15.8. The number of nitrogens with one attached hydrogen (secondary N) is 1. The van der Waals surface area contributed by atoms with Crippen molar-refractivity contribution >= 4 is 60.1 Å². The largest absolute Gasteiger partial charge is 0.398 e. The van der Waals surface area contributed by atoms with Crippen molar-refractivity contribution in [3.63, 3.8) is 0 Å². The molecule has 0 aliphatic rings. The van der Waals surface area contributed by atoms with Gasteiger partial charge in [0, 0.05) is 33.0 Å². The molecule has 0 heterocycles. The van der Waals surface area contributed by atoms with E-state index in [1.54, 1.807) is 0 Å². The van der Waals surface area contributed by atoms with Gasteiger partial charge in [-0.05, 0) is 60.5 Å². The first-order valence-corrected chi connectivity index (χ1v) is 12.3. The number of hydrogen-bond donors (Lipinski definition) is 3. The molecule has 0 aliphatic carbocycles. The molecule has 4 heteroatoms. The Morgan fingerprint density at radius 2 is 1.33 bits per heavy atom. The van der Waals surface area contributed by atoms with Crippen molar-refractivity contribution in [1.82, 2.24) is 0 Å². The zero-order chi connectivity index (χ0) is 24.7. The maximum Gasteiger partial charge on any atom is 0.0662 e. The Labute approximate surface area is 207 Å². The van der Waals surface area contributed by atoms with Gasteiger partial charge in [0.25, 0.3) is 0 Å². The van der Waals surface area contributed by atoms with Gasteiger partial charge in [0.2, 0.25) is 0 Å². The second-order valence-corrected chi connectivity index (χ2v) is 8.49. The van der Waals surface area contributed by atoms with E-state index in [4.69, 9.17) is 11.5 Å². The summed E-state index contributed by atoms with van der Waals surface area (Å²) in [7, 11) is 0. The lowest BCUT2D eigenvalue weighted by Crippen LogP contribution is -2.08. The Kier molecular flexibility index (Phi) is 9.36. The van der Waals surface area contributed by atoms with Crippen LogP contribution < -0.4 is 16.8 Å². The molecule has 0 atom stereocenters. The van der Waals surface area contributed by atoms with Crippen LogP contribution in [0.3, 0.4) is 0 Å². The van der Waals surface area contributed by atoms with Crippen molar-refractivity contribution in [3.05, 3.63) is 82.3 Å². The van der Waals surface area contributed by atoms with E-state index in [2.05, 4.69) is 78.1 Å². The minimum Gasteiger partial charge on any atom is -0.398 e. The van der Waals surface area contributed by atoms with Crippen LogP contribution in [-0.2, 0) is 0 Å². The number of anilines is 3. The van der Waals surface area contributed by atoms with Gasteiger partial charge in [-0.15, -0.1) is 0 Å². The summed E-state index contributed by atoms with van der Waals surface area (Å²) in [6, 6.07) is 18.7. The van der Waals surface area contributed by atoms with Crippen molar-refractivity contribution in [1.29, 1.82) is 0 Å². The zero-order valence-electron chi connectivity index (χ0n) is 20.6. The van der Waals surface area contributed by atoms with E-state index in [0.717, 1.165) is 37.8 Å². The van der Waals surface area contributed by atoms with Crippen molar-refractivity contribution < 1.29 is 0 Å². The van der Waals surface area contributed by atoms with Crippen LogP contribution in [0.1, 0.15) is 44.4 Å². The van der Waals surface area contributed by atoms with Crippen LogP contribution in [0.15, 0.2) is 65.6 Å². The summed E-state index contributed by atoms with van der Waals surface area (Å²) < 4.78 is 0.976. The Hall–Kier alpha value is -2.98. The summed E-state index contributed by atoms with van der Waals surface area (Å²) in [4.78, 5) is 0. The second kappa shape index (κ2) is 11.8. The van der Waals surface area contributed by atoms with E-state index < -0.39 is 0 Å². The molecule has 4 aromatic rings. The van der Waals surface area contributed by atoms with Crippen LogP contribution >= 0.6 is 15.9 Å². The summed E-state index contributed by atoms with van der Waals surface area (Å²) >= 11 is 3.51. The minimum atomic E-state index is 0.547. The maximum atomic E-state index is 6.66. The van der Waals surface area contributed by atoms with Crippen LogP contribution in [0, 0.1) is 13.8 Å². The third-order valence-corrected chi connectivity index (χ3v) is 5.84. The van der Waals surface area contributed by atoms with Crippen molar-refractivity contribution in [3.8, 4) is 0 Å². The average Bonchev–Trinajstić information content (AvgIpc) is 2.83. The summed E-state index contributed by atoms with van der Waals surface area (Å²) in [5.41, 5.74) is 19.5. The molecule has 0 fully saturated rings. The van der Waals surface area contributed by atoms with Gasteiger partial charge in [-0.25, -0.2) is 0 Å². The average molecular weight is 507 g/mol. The van der Waals surface area contributed by atoms with Crippen molar-refractivity contribution in [2.75, 3.05) is 23.3 Å². The van der Waals surface area contributed by atoms with Gasteiger partial charge in [0.05, 0.1) is 11.4 Å². The van der Waals surface area contributed by atoms with E-state index in [-0.39, 0.29) is 0 Å². The van der Waals surface area contributed by atoms with E-state index in [9.17, 15) is 0 Å². The molecule has 5 N–H and O–H groups in total. The highest BCUT2D eigenvalue weighted by Gasteiger charge is 2.14. The maximum absolute atomic E-state index is 6.66. The molecule has 0 amide bonds. The number of nitrogens with two attached hydrogens (primary N) is 2. The fraction of sp³-hybridized carbons (Fsp3) is 0.241. The summed E-state index contributed by atoms with van der Waals surface area (Å²) in [6.07, 6.45) is 0.